The molecule has 1 rings (SSSR count). The quantitative estimate of drug-likeness (QED) is 0.570. The Balaban J connectivity index is 2.57. The van der Waals surface area contributed by atoms with Crippen LogP contribution in [-0.4, -0.2) is 13.1 Å². The fourth-order valence-corrected chi connectivity index (χ4v) is 1.34. The number of benzene rings is 1. The van der Waals surface area contributed by atoms with Crippen LogP contribution in [0.25, 0.3) is 6.08 Å². The third-order valence-electron chi connectivity index (χ3n) is 2.24. The van der Waals surface area contributed by atoms with Gasteiger partial charge in [0.25, 0.3) is 0 Å². The van der Waals surface area contributed by atoms with E-state index >= 15 is 0 Å². The molecule has 0 saturated carbocycles. The molecule has 0 amide bonds. The summed E-state index contributed by atoms with van der Waals surface area (Å²) < 4.78 is 4.66. The van der Waals surface area contributed by atoms with E-state index in [4.69, 9.17) is 0 Å². The highest BCUT2D eigenvalue weighted by atomic mass is 16.5. The van der Waals surface area contributed by atoms with Crippen molar-refractivity contribution in [3.8, 4) is 0 Å². The Morgan fingerprint density at radius 2 is 2.00 bits per heavy atom. The van der Waals surface area contributed by atoms with Crippen molar-refractivity contribution in [3.05, 3.63) is 53.6 Å². The number of methoxy groups -OCH3 is 1. The second kappa shape index (κ2) is 6.62. The van der Waals surface area contributed by atoms with Crippen LogP contribution >= 0.6 is 0 Å². The molecule has 1 aromatic rings. The zero-order valence-electron chi connectivity index (χ0n) is 9.64. The molecule has 0 aromatic heterocycles. The number of allylic oxidation sites excluding steroid dienone is 2. The molecule has 0 saturated heterocycles. The molecule has 2 nitrogen and oxygen atoms in total. The summed E-state index contributed by atoms with van der Waals surface area (Å²) in [5, 5.41) is 0. The molecule has 84 valence electrons. The number of carbonyl (C=O) groups excluding carboxylic acids is 1. The molecular formula is C14H16O2. The summed E-state index contributed by atoms with van der Waals surface area (Å²) in [7, 11) is 1.40. The second-order valence-corrected chi connectivity index (χ2v) is 3.32. The van der Waals surface area contributed by atoms with Crippen molar-refractivity contribution in [1.82, 2.24) is 0 Å². The molecule has 0 N–H and O–H groups in total. The Morgan fingerprint density at radius 3 is 2.56 bits per heavy atom. The number of hydrogen-bond donors (Lipinski definition) is 0. The molecule has 0 unspecified atom stereocenters. The predicted molar refractivity (Wildman–Crippen MR) is 65.9 cm³/mol. The van der Waals surface area contributed by atoms with E-state index in [2.05, 4.69) is 4.74 Å². The number of ether oxygens (including phenoxy) is 1. The molecule has 0 heterocycles. The normalized spacial score (nSPS) is 11.8. The Labute approximate surface area is 96.2 Å². The van der Waals surface area contributed by atoms with Crippen LogP contribution in [0.3, 0.4) is 0 Å². The van der Waals surface area contributed by atoms with Crippen molar-refractivity contribution in [1.29, 1.82) is 0 Å². The summed E-state index contributed by atoms with van der Waals surface area (Å²) in [6.07, 6.45) is 6.33. The van der Waals surface area contributed by atoms with Crippen LogP contribution in [0.2, 0.25) is 0 Å². The van der Waals surface area contributed by atoms with Gasteiger partial charge < -0.3 is 4.74 Å². The monoisotopic (exact) mass is 216 g/mol. The van der Waals surface area contributed by atoms with Gasteiger partial charge in [-0.05, 0) is 18.9 Å². The fourth-order valence-electron chi connectivity index (χ4n) is 1.34. The van der Waals surface area contributed by atoms with E-state index in [1.807, 2.05) is 49.4 Å². The number of rotatable bonds is 4. The molecule has 2 heteroatoms. The summed E-state index contributed by atoms with van der Waals surface area (Å²) in [5.41, 5.74) is 1.80. The summed E-state index contributed by atoms with van der Waals surface area (Å²) in [6, 6.07) is 9.98. The minimum atomic E-state index is -0.264. The zero-order valence-corrected chi connectivity index (χ0v) is 9.64. The molecule has 0 fully saturated rings. The van der Waals surface area contributed by atoms with Gasteiger partial charge in [0.2, 0.25) is 0 Å². The van der Waals surface area contributed by atoms with Crippen LogP contribution < -0.4 is 0 Å². The molecule has 0 aliphatic heterocycles. The smallest absolute Gasteiger partial charge is 0.333 e. The van der Waals surface area contributed by atoms with E-state index in [9.17, 15) is 4.79 Å². The first-order valence-electron chi connectivity index (χ1n) is 5.23. The van der Waals surface area contributed by atoms with Crippen LogP contribution in [0, 0.1) is 0 Å². The largest absolute Gasteiger partial charge is 0.466 e. The zero-order chi connectivity index (χ0) is 11.8. The third-order valence-corrected chi connectivity index (χ3v) is 2.24. The second-order valence-electron chi connectivity index (χ2n) is 3.32. The highest BCUT2D eigenvalue weighted by Crippen LogP contribution is 2.08. The first-order chi connectivity index (χ1) is 7.77. The van der Waals surface area contributed by atoms with Crippen molar-refractivity contribution < 1.29 is 9.53 Å². The van der Waals surface area contributed by atoms with Crippen LogP contribution in [0.5, 0.6) is 0 Å². The van der Waals surface area contributed by atoms with Crippen LogP contribution in [-0.2, 0) is 9.53 Å². The van der Waals surface area contributed by atoms with Gasteiger partial charge in [-0.25, -0.2) is 4.79 Å². The average molecular weight is 216 g/mol. The van der Waals surface area contributed by atoms with Crippen LogP contribution in [0.15, 0.2) is 48.1 Å². The number of carbonyl (C=O) groups is 1. The van der Waals surface area contributed by atoms with E-state index in [1.165, 1.54) is 7.11 Å². The lowest BCUT2D eigenvalue weighted by atomic mass is 10.1. The highest BCUT2D eigenvalue weighted by Gasteiger charge is 2.05. The summed E-state index contributed by atoms with van der Waals surface area (Å²) in [5.74, 6) is -0.264. The first-order valence-corrected chi connectivity index (χ1v) is 5.23. The summed E-state index contributed by atoms with van der Waals surface area (Å²) in [6.45, 7) is 1.84. The van der Waals surface area contributed by atoms with Crippen LogP contribution in [0.1, 0.15) is 18.9 Å². The van der Waals surface area contributed by atoms with Gasteiger partial charge in [-0.2, -0.15) is 0 Å². The minimum Gasteiger partial charge on any atom is -0.466 e. The molecule has 0 aliphatic carbocycles. The molecule has 1 aromatic carbocycles. The van der Waals surface area contributed by atoms with E-state index < -0.39 is 0 Å². The van der Waals surface area contributed by atoms with Gasteiger partial charge in [0.1, 0.15) is 0 Å². The molecule has 0 atom stereocenters. The lowest BCUT2D eigenvalue weighted by Gasteiger charge is -2.00. The highest BCUT2D eigenvalue weighted by molar-refractivity contribution is 5.88. The lowest BCUT2D eigenvalue weighted by molar-refractivity contribution is -0.136. The molecule has 0 bridgehead atoms. The standard InChI is InChI=1S/C14H16O2/c1-3-13(14(15)16-2)11-7-10-12-8-5-4-6-9-12/h3-10H,11H2,1-2H3/b10-7+,13-3+. The maximum Gasteiger partial charge on any atom is 0.333 e. The van der Waals surface area contributed by atoms with E-state index in [0.29, 0.717) is 12.0 Å². The van der Waals surface area contributed by atoms with E-state index in [-0.39, 0.29) is 5.97 Å². The van der Waals surface area contributed by atoms with Crippen molar-refractivity contribution in [3.63, 3.8) is 0 Å². The van der Waals surface area contributed by atoms with E-state index in [0.717, 1.165) is 5.56 Å². The van der Waals surface area contributed by atoms with Gasteiger partial charge in [-0.1, -0.05) is 48.6 Å². The van der Waals surface area contributed by atoms with Crippen molar-refractivity contribution in [2.24, 2.45) is 0 Å². The average Bonchev–Trinajstić information content (AvgIpc) is 2.35. The Kier molecular flexibility index (Phi) is 5.06. The van der Waals surface area contributed by atoms with Crippen molar-refractivity contribution in [2.45, 2.75) is 13.3 Å². The third kappa shape index (κ3) is 3.73. The maximum atomic E-state index is 11.3. The topological polar surface area (TPSA) is 26.3 Å². The fraction of sp³-hybridized carbons (Fsp3) is 0.214. The van der Waals surface area contributed by atoms with Gasteiger partial charge in [0.15, 0.2) is 0 Å². The lowest BCUT2D eigenvalue weighted by Crippen LogP contribution is -2.03. The van der Waals surface area contributed by atoms with Gasteiger partial charge in [-0.15, -0.1) is 0 Å². The van der Waals surface area contributed by atoms with Gasteiger partial charge in [0, 0.05) is 5.57 Å². The SMILES string of the molecule is C/C=C(\C/C=C/c1ccccc1)C(=O)OC. The van der Waals surface area contributed by atoms with Crippen molar-refractivity contribution in [2.75, 3.05) is 7.11 Å². The Bertz CT molecular complexity index is 388. The Hall–Kier alpha value is -1.83. The first kappa shape index (κ1) is 12.2. The molecule has 0 spiro atoms. The number of hydrogen-bond acceptors (Lipinski definition) is 2. The van der Waals surface area contributed by atoms with Gasteiger partial charge in [-0.3, -0.25) is 0 Å². The minimum absolute atomic E-state index is 0.264. The van der Waals surface area contributed by atoms with Crippen LogP contribution in [0.4, 0.5) is 0 Å². The molecular weight excluding hydrogens is 200 g/mol. The van der Waals surface area contributed by atoms with Crippen molar-refractivity contribution >= 4 is 12.0 Å². The predicted octanol–water partition coefficient (Wildman–Crippen LogP) is 3.21. The van der Waals surface area contributed by atoms with Gasteiger partial charge in [0.05, 0.1) is 7.11 Å². The Morgan fingerprint density at radius 1 is 1.31 bits per heavy atom. The molecule has 0 aliphatic rings. The summed E-state index contributed by atoms with van der Waals surface area (Å²) in [4.78, 5) is 11.3. The molecule has 0 radical (unpaired) electrons. The maximum absolute atomic E-state index is 11.3. The molecule has 16 heavy (non-hydrogen) atoms. The summed E-state index contributed by atoms with van der Waals surface area (Å²) >= 11 is 0. The van der Waals surface area contributed by atoms with Gasteiger partial charge >= 0.3 is 5.97 Å². The number of esters is 1. The van der Waals surface area contributed by atoms with E-state index in [1.54, 1.807) is 6.08 Å².